The van der Waals surface area contributed by atoms with Gasteiger partial charge in [-0.1, -0.05) is 65.7 Å². The van der Waals surface area contributed by atoms with Gasteiger partial charge in [-0.25, -0.2) is 8.42 Å². The molecule has 1 atom stereocenters. The van der Waals surface area contributed by atoms with Crippen molar-refractivity contribution in [3.05, 3.63) is 94.0 Å². The zero-order valence-corrected chi connectivity index (χ0v) is 20.3. The second-order valence-corrected chi connectivity index (χ2v) is 9.79. The molecule has 33 heavy (non-hydrogen) atoms. The smallest absolute Gasteiger partial charge is 0.241 e. The minimum absolute atomic E-state index is 0.0560. The summed E-state index contributed by atoms with van der Waals surface area (Å²) in [5, 5.41) is 3.56. The highest BCUT2D eigenvalue weighted by molar-refractivity contribution is 7.89. The van der Waals surface area contributed by atoms with Crippen molar-refractivity contribution in [2.45, 2.75) is 30.8 Å². The summed E-state index contributed by atoms with van der Waals surface area (Å²) in [6, 6.07) is 19.4. The number of nitrogens with one attached hydrogen (secondary N) is 2. The van der Waals surface area contributed by atoms with E-state index in [0.717, 1.165) is 11.1 Å². The van der Waals surface area contributed by atoms with Crippen molar-refractivity contribution in [3.8, 4) is 5.75 Å². The molecule has 1 unspecified atom stereocenters. The van der Waals surface area contributed by atoms with Gasteiger partial charge >= 0.3 is 0 Å². The van der Waals surface area contributed by atoms with Gasteiger partial charge in [0.1, 0.15) is 11.8 Å². The maximum Gasteiger partial charge on any atom is 0.241 e. The third kappa shape index (κ3) is 7.20. The van der Waals surface area contributed by atoms with E-state index in [1.807, 2.05) is 30.3 Å². The fourth-order valence-electron chi connectivity index (χ4n) is 3.13. The van der Waals surface area contributed by atoms with Gasteiger partial charge in [0.15, 0.2) is 0 Å². The van der Waals surface area contributed by atoms with Crippen molar-refractivity contribution in [3.63, 3.8) is 0 Å². The Balaban J connectivity index is 1.80. The fraction of sp³-hybridized carbons (Fsp3) is 0.208. The second-order valence-electron chi connectivity index (χ2n) is 7.23. The fourth-order valence-corrected chi connectivity index (χ4v) is 4.78. The number of carbonyl (C=O) groups is 1. The van der Waals surface area contributed by atoms with Crippen LogP contribution in [-0.2, 0) is 27.8 Å². The molecule has 3 rings (SSSR count). The average molecular weight is 507 g/mol. The molecule has 0 aliphatic carbocycles. The van der Waals surface area contributed by atoms with Crippen molar-refractivity contribution in [2.75, 3.05) is 6.61 Å². The summed E-state index contributed by atoms with van der Waals surface area (Å²) in [5.74, 6) is -0.0610. The Bertz CT molecular complexity index is 1190. The first-order valence-electron chi connectivity index (χ1n) is 10.3. The van der Waals surface area contributed by atoms with E-state index in [1.54, 1.807) is 31.2 Å². The Labute approximate surface area is 203 Å². The topological polar surface area (TPSA) is 84.5 Å². The Morgan fingerprint density at radius 1 is 0.970 bits per heavy atom. The summed E-state index contributed by atoms with van der Waals surface area (Å²) in [7, 11) is -4.04. The summed E-state index contributed by atoms with van der Waals surface area (Å²) >= 11 is 12.1. The number of amides is 1. The first-order valence-corrected chi connectivity index (χ1v) is 12.5. The van der Waals surface area contributed by atoms with Crippen LogP contribution in [0, 0.1) is 0 Å². The van der Waals surface area contributed by atoms with Crippen LogP contribution in [0.4, 0.5) is 0 Å². The van der Waals surface area contributed by atoms with Gasteiger partial charge in [0.05, 0.1) is 16.5 Å². The van der Waals surface area contributed by atoms with E-state index in [1.165, 1.54) is 18.2 Å². The third-order valence-electron chi connectivity index (χ3n) is 4.79. The minimum Gasteiger partial charge on any atom is -0.492 e. The Morgan fingerprint density at radius 3 is 2.30 bits per heavy atom. The van der Waals surface area contributed by atoms with Gasteiger partial charge < -0.3 is 10.1 Å². The molecule has 3 aromatic rings. The highest BCUT2D eigenvalue weighted by atomic mass is 35.5. The summed E-state index contributed by atoms with van der Waals surface area (Å²) in [6.07, 6.45) is 0.178. The van der Waals surface area contributed by atoms with Crippen LogP contribution >= 0.6 is 23.2 Å². The van der Waals surface area contributed by atoms with Gasteiger partial charge in [-0.2, -0.15) is 4.72 Å². The molecule has 0 aromatic heterocycles. The van der Waals surface area contributed by atoms with Crippen molar-refractivity contribution in [2.24, 2.45) is 0 Å². The maximum absolute atomic E-state index is 13.1. The molecule has 0 saturated heterocycles. The lowest BCUT2D eigenvalue weighted by Gasteiger charge is -2.19. The highest BCUT2D eigenvalue weighted by Crippen LogP contribution is 2.27. The molecular formula is C24H24Cl2N2O4S. The zero-order chi connectivity index (χ0) is 23.8. The highest BCUT2D eigenvalue weighted by Gasteiger charge is 2.26. The van der Waals surface area contributed by atoms with Crippen LogP contribution in [0.25, 0.3) is 0 Å². The molecule has 0 bridgehead atoms. The minimum atomic E-state index is -4.04. The molecule has 2 N–H and O–H groups in total. The summed E-state index contributed by atoms with van der Waals surface area (Å²) in [6.45, 7) is 2.44. The first-order chi connectivity index (χ1) is 15.8. The van der Waals surface area contributed by atoms with E-state index in [4.69, 9.17) is 27.9 Å². The van der Waals surface area contributed by atoms with Crippen LogP contribution in [-0.4, -0.2) is 27.0 Å². The lowest BCUT2D eigenvalue weighted by atomic mass is 10.1. The average Bonchev–Trinajstić information content (AvgIpc) is 2.80. The Kier molecular flexibility index (Phi) is 8.74. The number of carbonyl (C=O) groups excluding carboxylic acids is 1. The van der Waals surface area contributed by atoms with Gasteiger partial charge in [0.2, 0.25) is 15.9 Å². The van der Waals surface area contributed by atoms with Crippen molar-refractivity contribution >= 4 is 39.1 Å². The van der Waals surface area contributed by atoms with Crippen molar-refractivity contribution < 1.29 is 17.9 Å². The van der Waals surface area contributed by atoms with E-state index in [0.29, 0.717) is 17.4 Å². The van der Waals surface area contributed by atoms with Crippen LogP contribution in [0.3, 0.4) is 0 Å². The standard InChI is InChI=1S/C24H24Cl2N2O4S/c1-2-32-23-13-12-20(15-21(23)26)33(30,31)28-22(14-17-6-4-3-5-7-17)24(29)27-16-18-8-10-19(25)11-9-18/h3-13,15,22,28H,2,14,16H2,1H3,(H,27,29). The molecule has 0 saturated carbocycles. The van der Waals surface area contributed by atoms with Crippen LogP contribution in [0.2, 0.25) is 10.0 Å². The Hall–Kier alpha value is -2.58. The molecule has 0 aliphatic rings. The first kappa shape index (κ1) is 25.1. The number of ether oxygens (including phenoxy) is 1. The normalized spacial score (nSPS) is 12.2. The molecule has 3 aromatic carbocycles. The van der Waals surface area contributed by atoms with Gasteiger partial charge in [0.25, 0.3) is 0 Å². The number of hydrogen-bond acceptors (Lipinski definition) is 4. The van der Waals surface area contributed by atoms with Gasteiger partial charge in [-0.15, -0.1) is 0 Å². The lowest BCUT2D eigenvalue weighted by molar-refractivity contribution is -0.122. The van der Waals surface area contributed by atoms with E-state index in [-0.39, 0.29) is 22.9 Å². The van der Waals surface area contributed by atoms with E-state index in [2.05, 4.69) is 10.0 Å². The quantitative estimate of drug-likeness (QED) is 0.420. The molecule has 0 spiro atoms. The predicted molar refractivity (Wildman–Crippen MR) is 130 cm³/mol. The molecule has 1 amide bonds. The predicted octanol–water partition coefficient (Wildman–Crippen LogP) is 4.60. The number of sulfonamides is 1. The van der Waals surface area contributed by atoms with Gasteiger partial charge in [0, 0.05) is 11.6 Å². The van der Waals surface area contributed by atoms with Crippen LogP contribution < -0.4 is 14.8 Å². The molecule has 0 fully saturated rings. The third-order valence-corrected chi connectivity index (χ3v) is 6.81. The molecule has 0 heterocycles. The summed E-state index contributed by atoms with van der Waals surface area (Å²) in [4.78, 5) is 12.9. The molecule has 174 valence electrons. The molecule has 6 nitrogen and oxygen atoms in total. The maximum atomic E-state index is 13.1. The van der Waals surface area contributed by atoms with Crippen LogP contribution in [0.1, 0.15) is 18.1 Å². The molecule has 0 aliphatic heterocycles. The SMILES string of the molecule is CCOc1ccc(S(=O)(=O)NC(Cc2ccccc2)C(=O)NCc2ccc(Cl)cc2)cc1Cl. The van der Waals surface area contributed by atoms with Gasteiger partial charge in [-0.3, -0.25) is 4.79 Å². The largest absolute Gasteiger partial charge is 0.492 e. The number of rotatable bonds is 10. The van der Waals surface area contributed by atoms with Crippen molar-refractivity contribution in [1.29, 1.82) is 0 Å². The van der Waals surface area contributed by atoms with E-state index < -0.39 is 22.0 Å². The number of halogens is 2. The molecule has 0 radical (unpaired) electrons. The van der Waals surface area contributed by atoms with Crippen LogP contribution in [0.5, 0.6) is 5.75 Å². The number of hydrogen-bond donors (Lipinski definition) is 2. The Morgan fingerprint density at radius 2 is 1.67 bits per heavy atom. The summed E-state index contributed by atoms with van der Waals surface area (Å²) in [5.41, 5.74) is 1.66. The zero-order valence-electron chi connectivity index (χ0n) is 17.9. The summed E-state index contributed by atoms with van der Waals surface area (Å²) < 4.78 is 34.0. The lowest BCUT2D eigenvalue weighted by Crippen LogP contribution is -2.47. The molecule has 9 heteroatoms. The monoisotopic (exact) mass is 506 g/mol. The molecular weight excluding hydrogens is 483 g/mol. The van der Waals surface area contributed by atoms with E-state index >= 15 is 0 Å². The second kappa shape index (κ2) is 11.5. The van der Waals surface area contributed by atoms with Gasteiger partial charge in [-0.05, 0) is 54.8 Å². The van der Waals surface area contributed by atoms with E-state index in [9.17, 15) is 13.2 Å². The van der Waals surface area contributed by atoms with Crippen LogP contribution in [0.15, 0.2) is 77.7 Å². The number of benzene rings is 3. The van der Waals surface area contributed by atoms with Crippen molar-refractivity contribution in [1.82, 2.24) is 10.0 Å².